The van der Waals surface area contributed by atoms with Crippen LogP contribution in [0.2, 0.25) is 0 Å². The summed E-state index contributed by atoms with van der Waals surface area (Å²) in [7, 11) is 0. The van der Waals surface area contributed by atoms with Crippen molar-refractivity contribution < 1.29 is 0 Å². The summed E-state index contributed by atoms with van der Waals surface area (Å²) >= 11 is 1.61. The predicted molar refractivity (Wildman–Crippen MR) is 65.9 cm³/mol. The number of thiazole rings is 1. The van der Waals surface area contributed by atoms with E-state index in [1.165, 1.54) is 5.69 Å². The van der Waals surface area contributed by atoms with E-state index in [1.807, 2.05) is 13.1 Å². The van der Waals surface area contributed by atoms with Crippen LogP contribution in [0.3, 0.4) is 0 Å². The molecule has 3 aromatic rings. The molecule has 0 saturated heterocycles. The number of hydrogen-bond acceptors (Lipinski definition) is 5. The molecule has 88 valence electrons. The zero-order valence-electron chi connectivity index (χ0n) is 9.34. The molecule has 3 aromatic heterocycles. The van der Waals surface area contributed by atoms with Gasteiger partial charge in [-0.2, -0.15) is 5.10 Å². The standard InChI is InChI=1S/C10H12N6S/c1-6-12-9(15-14-6)8-4-16-7(2-3-11)5-17-10(16)13-8/h4-5H,2-3,11H2,1H3,(H,12,14,15). The second-order valence-corrected chi connectivity index (χ2v) is 4.63. The van der Waals surface area contributed by atoms with Gasteiger partial charge in [-0.05, 0) is 13.5 Å². The number of rotatable bonds is 3. The van der Waals surface area contributed by atoms with E-state index in [0.717, 1.165) is 22.9 Å². The maximum absolute atomic E-state index is 5.57. The van der Waals surface area contributed by atoms with Crippen molar-refractivity contribution in [2.75, 3.05) is 6.54 Å². The second-order valence-electron chi connectivity index (χ2n) is 3.79. The van der Waals surface area contributed by atoms with Gasteiger partial charge in [0.1, 0.15) is 11.5 Å². The first-order valence-corrected chi connectivity index (χ1v) is 6.21. The van der Waals surface area contributed by atoms with Crippen molar-refractivity contribution in [3.63, 3.8) is 0 Å². The Labute approximate surface area is 102 Å². The van der Waals surface area contributed by atoms with Gasteiger partial charge >= 0.3 is 0 Å². The summed E-state index contributed by atoms with van der Waals surface area (Å²) in [6, 6.07) is 0. The number of fused-ring (bicyclic) bond motifs is 1. The first kappa shape index (κ1) is 10.4. The number of aromatic amines is 1. The van der Waals surface area contributed by atoms with E-state index in [1.54, 1.807) is 11.3 Å². The Morgan fingerprint density at radius 1 is 1.47 bits per heavy atom. The van der Waals surface area contributed by atoms with Crippen LogP contribution in [-0.4, -0.2) is 31.1 Å². The van der Waals surface area contributed by atoms with Gasteiger partial charge in [0, 0.05) is 23.7 Å². The normalized spacial score (nSPS) is 11.4. The third kappa shape index (κ3) is 1.73. The SMILES string of the molecule is Cc1nc(-c2cn3c(CCN)csc3n2)n[nH]1. The fraction of sp³-hybridized carbons (Fsp3) is 0.300. The lowest BCUT2D eigenvalue weighted by Gasteiger charge is -1.93. The molecule has 0 aliphatic heterocycles. The number of nitrogens with two attached hydrogens (primary N) is 1. The van der Waals surface area contributed by atoms with Crippen molar-refractivity contribution in [1.82, 2.24) is 24.6 Å². The van der Waals surface area contributed by atoms with Crippen LogP contribution >= 0.6 is 11.3 Å². The van der Waals surface area contributed by atoms with Crippen LogP contribution in [0.4, 0.5) is 0 Å². The van der Waals surface area contributed by atoms with Gasteiger partial charge in [-0.1, -0.05) is 0 Å². The van der Waals surface area contributed by atoms with Crippen LogP contribution in [-0.2, 0) is 6.42 Å². The monoisotopic (exact) mass is 248 g/mol. The van der Waals surface area contributed by atoms with Crippen molar-refractivity contribution in [1.29, 1.82) is 0 Å². The molecule has 0 atom stereocenters. The third-order valence-corrected chi connectivity index (χ3v) is 3.40. The predicted octanol–water partition coefficient (Wildman–Crippen LogP) is 0.991. The van der Waals surface area contributed by atoms with Crippen LogP contribution < -0.4 is 5.73 Å². The Hall–Kier alpha value is -1.73. The highest BCUT2D eigenvalue weighted by molar-refractivity contribution is 7.15. The number of hydrogen-bond donors (Lipinski definition) is 2. The molecular formula is C10H12N6S. The Morgan fingerprint density at radius 3 is 3.06 bits per heavy atom. The summed E-state index contributed by atoms with van der Waals surface area (Å²) in [4.78, 5) is 9.71. The molecule has 0 radical (unpaired) electrons. The zero-order valence-corrected chi connectivity index (χ0v) is 10.2. The molecule has 7 heteroatoms. The van der Waals surface area contributed by atoms with Gasteiger partial charge in [0.15, 0.2) is 4.96 Å². The minimum absolute atomic E-state index is 0.636. The number of imidazole rings is 1. The first-order chi connectivity index (χ1) is 8.28. The van der Waals surface area contributed by atoms with Crippen molar-refractivity contribution >= 4 is 16.3 Å². The molecule has 0 fully saturated rings. The Morgan fingerprint density at radius 2 is 2.35 bits per heavy atom. The smallest absolute Gasteiger partial charge is 0.201 e. The molecular weight excluding hydrogens is 236 g/mol. The van der Waals surface area contributed by atoms with Crippen LogP contribution in [0.1, 0.15) is 11.5 Å². The van der Waals surface area contributed by atoms with Crippen molar-refractivity contribution in [3.05, 3.63) is 23.1 Å². The number of nitrogens with zero attached hydrogens (tertiary/aromatic N) is 4. The average Bonchev–Trinajstić information content (AvgIpc) is 2.95. The van der Waals surface area contributed by atoms with Gasteiger partial charge in [0.05, 0.1) is 0 Å². The summed E-state index contributed by atoms with van der Waals surface area (Å²) < 4.78 is 2.05. The molecule has 0 amide bonds. The van der Waals surface area contributed by atoms with E-state index in [0.29, 0.717) is 12.4 Å². The molecule has 0 aromatic carbocycles. The number of H-pyrrole nitrogens is 1. The minimum atomic E-state index is 0.636. The maximum atomic E-state index is 5.57. The average molecular weight is 248 g/mol. The van der Waals surface area contributed by atoms with Crippen LogP contribution in [0, 0.1) is 6.92 Å². The molecule has 3 rings (SSSR count). The highest BCUT2D eigenvalue weighted by Crippen LogP contribution is 2.21. The van der Waals surface area contributed by atoms with Crippen molar-refractivity contribution in [2.24, 2.45) is 5.73 Å². The van der Waals surface area contributed by atoms with Crippen molar-refractivity contribution in [2.45, 2.75) is 13.3 Å². The lowest BCUT2D eigenvalue weighted by Crippen LogP contribution is -2.04. The fourth-order valence-electron chi connectivity index (χ4n) is 1.72. The maximum Gasteiger partial charge on any atom is 0.201 e. The number of nitrogens with one attached hydrogen (secondary N) is 1. The molecule has 17 heavy (non-hydrogen) atoms. The van der Waals surface area contributed by atoms with Gasteiger partial charge in [0.2, 0.25) is 5.82 Å². The molecule has 3 heterocycles. The highest BCUT2D eigenvalue weighted by atomic mass is 32.1. The molecule has 0 aliphatic rings. The summed E-state index contributed by atoms with van der Waals surface area (Å²) in [6.45, 7) is 2.51. The van der Waals surface area contributed by atoms with Crippen LogP contribution in [0.15, 0.2) is 11.6 Å². The van der Waals surface area contributed by atoms with Gasteiger partial charge in [0.25, 0.3) is 0 Å². The minimum Gasteiger partial charge on any atom is -0.330 e. The molecule has 0 bridgehead atoms. The molecule has 6 nitrogen and oxygen atoms in total. The Balaban J connectivity index is 2.07. The third-order valence-electron chi connectivity index (χ3n) is 2.51. The van der Waals surface area contributed by atoms with Gasteiger partial charge in [-0.15, -0.1) is 11.3 Å². The van der Waals surface area contributed by atoms with E-state index < -0.39 is 0 Å². The quantitative estimate of drug-likeness (QED) is 0.724. The zero-order chi connectivity index (χ0) is 11.8. The van der Waals surface area contributed by atoms with Gasteiger partial charge in [-0.3, -0.25) is 9.50 Å². The lowest BCUT2D eigenvalue weighted by molar-refractivity contribution is 0.908. The Bertz CT molecular complexity index is 649. The molecule has 0 spiro atoms. The molecule has 3 N–H and O–H groups in total. The lowest BCUT2D eigenvalue weighted by atomic mass is 10.3. The number of aryl methyl sites for hydroxylation is 1. The van der Waals surface area contributed by atoms with Crippen LogP contribution in [0.5, 0.6) is 0 Å². The molecule has 0 unspecified atom stereocenters. The summed E-state index contributed by atoms with van der Waals surface area (Å²) in [5.41, 5.74) is 7.54. The van der Waals surface area contributed by atoms with E-state index in [-0.39, 0.29) is 0 Å². The highest BCUT2D eigenvalue weighted by Gasteiger charge is 2.11. The van der Waals surface area contributed by atoms with Gasteiger partial charge in [-0.25, -0.2) is 9.97 Å². The second kappa shape index (κ2) is 3.94. The van der Waals surface area contributed by atoms with Gasteiger partial charge < -0.3 is 5.73 Å². The molecule has 0 aliphatic carbocycles. The fourth-order valence-corrected chi connectivity index (χ4v) is 2.63. The first-order valence-electron chi connectivity index (χ1n) is 5.33. The largest absolute Gasteiger partial charge is 0.330 e. The Kier molecular flexibility index (Phi) is 2.41. The van der Waals surface area contributed by atoms with E-state index in [9.17, 15) is 0 Å². The van der Waals surface area contributed by atoms with E-state index in [4.69, 9.17) is 5.73 Å². The van der Waals surface area contributed by atoms with E-state index >= 15 is 0 Å². The van der Waals surface area contributed by atoms with Crippen molar-refractivity contribution in [3.8, 4) is 11.5 Å². The molecule has 0 saturated carbocycles. The summed E-state index contributed by atoms with van der Waals surface area (Å²) in [5.74, 6) is 1.43. The van der Waals surface area contributed by atoms with E-state index in [2.05, 4.69) is 29.9 Å². The summed E-state index contributed by atoms with van der Waals surface area (Å²) in [5, 5.41) is 9.01. The van der Waals surface area contributed by atoms with Crippen LogP contribution in [0.25, 0.3) is 16.5 Å². The topological polar surface area (TPSA) is 84.9 Å². The number of aromatic nitrogens is 5. The summed E-state index contributed by atoms with van der Waals surface area (Å²) in [6.07, 6.45) is 2.81.